The number of hydrogen-bond donors (Lipinski definition) is 0. The maximum absolute atomic E-state index is 11.8. The molecule has 2 unspecified atom stereocenters. The monoisotopic (exact) mass is 479 g/mol. The molecule has 2 aliphatic rings. The van der Waals surface area contributed by atoms with Crippen molar-refractivity contribution in [2.45, 2.75) is 83.7 Å². The molecular formula is C27H37N5O3. The number of aryl methyl sites for hydroxylation is 2. The van der Waals surface area contributed by atoms with Crippen LogP contribution in [0.25, 0.3) is 11.2 Å². The SMILES string of the molecule is CC.COc1nc2c(C3CCCCC3)nc(C3CCOC(c4ccc(=O)n(C)c4)C3)nc2nc1C. The molecule has 1 saturated heterocycles. The Hall–Kier alpha value is -2.87. The van der Waals surface area contributed by atoms with Gasteiger partial charge in [0.2, 0.25) is 11.4 Å². The van der Waals surface area contributed by atoms with E-state index in [9.17, 15) is 4.79 Å². The molecular weight excluding hydrogens is 442 g/mol. The lowest BCUT2D eigenvalue weighted by atomic mass is 9.86. The molecule has 0 aromatic carbocycles. The lowest BCUT2D eigenvalue weighted by Gasteiger charge is -2.30. The standard InChI is InChI=1S/C25H31N5O3.C2H6/c1-15-25(32-3)28-22-21(16-7-5-4-6-8-16)27-23(29-24(22)26-15)17-11-12-33-19(13-17)18-9-10-20(31)30(2)14-18;1-2/h9-10,14,16-17,19H,4-8,11-13H2,1-3H3;1-2H3. The van der Waals surface area contributed by atoms with E-state index >= 15 is 0 Å². The molecule has 0 bridgehead atoms. The number of ether oxygens (including phenoxy) is 2. The van der Waals surface area contributed by atoms with Gasteiger partial charge in [0.1, 0.15) is 17.0 Å². The first kappa shape index (κ1) is 25.2. The minimum Gasteiger partial charge on any atom is -0.480 e. The van der Waals surface area contributed by atoms with Gasteiger partial charge in [-0.2, -0.15) is 0 Å². The third-order valence-corrected chi connectivity index (χ3v) is 7.02. The van der Waals surface area contributed by atoms with Crippen LogP contribution < -0.4 is 10.3 Å². The smallest absolute Gasteiger partial charge is 0.250 e. The summed E-state index contributed by atoms with van der Waals surface area (Å²) in [5, 5.41) is 0. The fraction of sp³-hybridized carbons (Fsp3) is 0.593. The summed E-state index contributed by atoms with van der Waals surface area (Å²) < 4.78 is 13.1. The maximum Gasteiger partial charge on any atom is 0.250 e. The number of pyridine rings is 1. The van der Waals surface area contributed by atoms with Gasteiger partial charge >= 0.3 is 0 Å². The Morgan fingerprint density at radius 3 is 2.49 bits per heavy atom. The van der Waals surface area contributed by atoms with Crippen molar-refractivity contribution in [2.75, 3.05) is 13.7 Å². The summed E-state index contributed by atoms with van der Waals surface area (Å²) >= 11 is 0. The largest absolute Gasteiger partial charge is 0.480 e. The Morgan fingerprint density at radius 1 is 1.00 bits per heavy atom. The summed E-state index contributed by atoms with van der Waals surface area (Å²) in [7, 11) is 3.39. The molecule has 0 amide bonds. The van der Waals surface area contributed by atoms with Crippen LogP contribution in [0.5, 0.6) is 5.88 Å². The lowest BCUT2D eigenvalue weighted by Crippen LogP contribution is -2.23. The Kier molecular flexibility index (Phi) is 8.11. The zero-order valence-corrected chi connectivity index (χ0v) is 21.6. The van der Waals surface area contributed by atoms with Gasteiger partial charge in [0.15, 0.2) is 5.65 Å². The molecule has 1 aliphatic carbocycles. The van der Waals surface area contributed by atoms with Crippen LogP contribution in [0.1, 0.15) is 99.5 Å². The lowest BCUT2D eigenvalue weighted by molar-refractivity contribution is 0.00359. The van der Waals surface area contributed by atoms with Crippen LogP contribution in [-0.4, -0.2) is 38.2 Å². The van der Waals surface area contributed by atoms with Gasteiger partial charge in [-0.1, -0.05) is 33.1 Å². The molecule has 8 nitrogen and oxygen atoms in total. The van der Waals surface area contributed by atoms with Crippen LogP contribution in [0, 0.1) is 6.92 Å². The molecule has 1 saturated carbocycles. The fourth-order valence-corrected chi connectivity index (χ4v) is 5.16. The highest BCUT2D eigenvalue weighted by Crippen LogP contribution is 2.39. The summed E-state index contributed by atoms with van der Waals surface area (Å²) in [5.41, 5.74) is 4.17. The Labute approximate surface area is 207 Å². The van der Waals surface area contributed by atoms with Crippen LogP contribution in [0.2, 0.25) is 0 Å². The maximum atomic E-state index is 11.8. The van der Waals surface area contributed by atoms with Crippen molar-refractivity contribution < 1.29 is 9.47 Å². The van der Waals surface area contributed by atoms with Crippen molar-refractivity contribution >= 4 is 11.2 Å². The first-order chi connectivity index (χ1) is 17.0. The summed E-state index contributed by atoms with van der Waals surface area (Å²) in [5.74, 6) is 1.91. The van der Waals surface area contributed by atoms with E-state index in [-0.39, 0.29) is 17.6 Å². The van der Waals surface area contributed by atoms with Crippen LogP contribution in [-0.2, 0) is 11.8 Å². The van der Waals surface area contributed by atoms with Gasteiger partial charge in [0, 0.05) is 37.8 Å². The average Bonchev–Trinajstić information content (AvgIpc) is 2.91. The number of methoxy groups -OCH3 is 1. The number of rotatable bonds is 4. The summed E-state index contributed by atoms with van der Waals surface area (Å²) in [6.45, 7) is 6.53. The molecule has 3 aromatic heterocycles. The van der Waals surface area contributed by atoms with Gasteiger partial charge in [0.25, 0.3) is 0 Å². The van der Waals surface area contributed by atoms with E-state index in [2.05, 4.69) is 0 Å². The molecule has 5 rings (SSSR count). The Bertz CT molecular complexity index is 1220. The molecule has 2 fully saturated rings. The van der Waals surface area contributed by atoms with Crippen LogP contribution >= 0.6 is 0 Å². The average molecular weight is 480 g/mol. The van der Waals surface area contributed by atoms with Crippen molar-refractivity contribution in [3.05, 3.63) is 51.5 Å². The summed E-state index contributed by atoms with van der Waals surface area (Å²) in [6.07, 6.45) is 9.37. The van der Waals surface area contributed by atoms with Gasteiger partial charge < -0.3 is 14.0 Å². The van der Waals surface area contributed by atoms with E-state index in [1.165, 1.54) is 19.3 Å². The molecule has 0 spiro atoms. The van der Waals surface area contributed by atoms with Crippen LogP contribution in [0.4, 0.5) is 0 Å². The second-order valence-electron chi connectivity index (χ2n) is 9.28. The minimum atomic E-state index is -0.0864. The van der Waals surface area contributed by atoms with E-state index in [0.29, 0.717) is 24.1 Å². The molecule has 4 heterocycles. The van der Waals surface area contributed by atoms with Gasteiger partial charge in [-0.3, -0.25) is 4.79 Å². The Morgan fingerprint density at radius 2 is 1.77 bits per heavy atom. The molecule has 0 radical (unpaired) electrons. The summed E-state index contributed by atoms with van der Waals surface area (Å²) in [4.78, 5) is 31.4. The molecule has 188 valence electrons. The van der Waals surface area contributed by atoms with Crippen molar-refractivity contribution in [2.24, 2.45) is 7.05 Å². The van der Waals surface area contributed by atoms with Crippen LogP contribution in [0.3, 0.4) is 0 Å². The van der Waals surface area contributed by atoms with Gasteiger partial charge in [0.05, 0.1) is 18.9 Å². The molecule has 0 N–H and O–H groups in total. The van der Waals surface area contributed by atoms with Crippen molar-refractivity contribution in [1.29, 1.82) is 0 Å². The third kappa shape index (κ3) is 5.37. The third-order valence-electron chi connectivity index (χ3n) is 7.02. The second-order valence-corrected chi connectivity index (χ2v) is 9.28. The molecule has 8 heteroatoms. The van der Waals surface area contributed by atoms with E-state index in [0.717, 1.165) is 54.0 Å². The minimum absolute atomic E-state index is 0.0227. The molecule has 2 atom stereocenters. The highest BCUT2D eigenvalue weighted by atomic mass is 16.5. The van der Waals surface area contributed by atoms with Crippen LogP contribution in [0.15, 0.2) is 23.1 Å². The normalized spacial score (nSPS) is 20.8. The van der Waals surface area contributed by atoms with E-state index in [4.69, 9.17) is 29.4 Å². The highest BCUT2D eigenvalue weighted by molar-refractivity contribution is 5.74. The van der Waals surface area contributed by atoms with Gasteiger partial charge in [-0.05, 0) is 44.2 Å². The summed E-state index contributed by atoms with van der Waals surface area (Å²) in [6, 6.07) is 3.47. The van der Waals surface area contributed by atoms with E-state index in [1.54, 1.807) is 24.8 Å². The van der Waals surface area contributed by atoms with E-state index in [1.807, 2.05) is 33.0 Å². The fourth-order valence-electron chi connectivity index (χ4n) is 5.16. The zero-order chi connectivity index (χ0) is 24.9. The number of nitrogens with zero attached hydrogens (tertiary/aromatic N) is 5. The first-order valence-electron chi connectivity index (χ1n) is 12.9. The Balaban J connectivity index is 0.00000141. The highest BCUT2D eigenvalue weighted by Gasteiger charge is 2.30. The van der Waals surface area contributed by atoms with Crippen molar-refractivity contribution in [1.82, 2.24) is 24.5 Å². The molecule has 1 aliphatic heterocycles. The number of fused-ring (bicyclic) bond motifs is 1. The first-order valence-corrected chi connectivity index (χ1v) is 12.9. The van der Waals surface area contributed by atoms with Crippen molar-refractivity contribution in [3.63, 3.8) is 0 Å². The van der Waals surface area contributed by atoms with E-state index < -0.39 is 0 Å². The number of hydrogen-bond acceptors (Lipinski definition) is 7. The zero-order valence-electron chi connectivity index (χ0n) is 21.6. The number of aromatic nitrogens is 5. The molecule has 3 aromatic rings. The van der Waals surface area contributed by atoms with Gasteiger partial charge in [-0.25, -0.2) is 19.9 Å². The topological polar surface area (TPSA) is 92.0 Å². The van der Waals surface area contributed by atoms with Crippen molar-refractivity contribution in [3.8, 4) is 5.88 Å². The predicted molar refractivity (Wildman–Crippen MR) is 136 cm³/mol. The van der Waals surface area contributed by atoms with Gasteiger partial charge in [-0.15, -0.1) is 0 Å². The molecule has 35 heavy (non-hydrogen) atoms. The predicted octanol–water partition coefficient (Wildman–Crippen LogP) is 5.14. The second kappa shape index (κ2) is 11.2. The quantitative estimate of drug-likeness (QED) is 0.511.